The Hall–Kier alpha value is -1.36. The van der Waals surface area contributed by atoms with E-state index >= 15 is 0 Å². The summed E-state index contributed by atoms with van der Waals surface area (Å²) < 4.78 is 5.14. The van der Waals surface area contributed by atoms with Gasteiger partial charge in [-0.15, -0.1) is 0 Å². The molecule has 1 aromatic rings. The second-order valence-electron chi connectivity index (χ2n) is 4.53. The van der Waals surface area contributed by atoms with Gasteiger partial charge in [-0.2, -0.15) is 0 Å². The first-order valence-electron chi connectivity index (χ1n) is 7.03. The molecule has 0 amide bonds. The Kier molecular flexibility index (Phi) is 6.56. The molecule has 0 aliphatic carbocycles. The first-order valence-corrected chi connectivity index (χ1v) is 7.03. The SMILES string of the molecule is CCNc1cc(N(CC)C(C)CC)nc(COC)n1. The highest BCUT2D eigenvalue weighted by atomic mass is 16.5. The van der Waals surface area contributed by atoms with E-state index in [-0.39, 0.29) is 0 Å². The lowest BCUT2D eigenvalue weighted by atomic mass is 10.2. The van der Waals surface area contributed by atoms with E-state index in [0.29, 0.717) is 12.6 Å². The molecule has 19 heavy (non-hydrogen) atoms. The zero-order chi connectivity index (χ0) is 14.3. The monoisotopic (exact) mass is 266 g/mol. The molecular formula is C14H26N4O. The lowest BCUT2D eigenvalue weighted by molar-refractivity contribution is 0.178. The van der Waals surface area contributed by atoms with Crippen LogP contribution in [0, 0.1) is 0 Å². The molecule has 0 bridgehead atoms. The molecule has 5 heteroatoms. The molecule has 1 heterocycles. The zero-order valence-corrected chi connectivity index (χ0v) is 12.7. The largest absolute Gasteiger partial charge is 0.377 e. The van der Waals surface area contributed by atoms with Gasteiger partial charge in [0.25, 0.3) is 0 Å². The highest BCUT2D eigenvalue weighted by Gasteiger charge is 2.14. The summed E-state index contributed by atoms with van der Waals surface area (Å²) in [6.07, 6.45) is 1.09. The minimum atomic E-state index is 0.435. The second kappa shape index (κ2) is 7.94. The third-order valence-corrected chi connectivity index (χ3v) is 3.15. The Labute approximate surface area is 116 Å². The van der Waals surface area contributed by atoms with Crippen LogP contribution < -0.4 is 10.2 Å². The number of hydrogen-bond donors (Lipinski definition) is 1. The lowest BCUT2D eigenvalue weighted by Gasteiger charge is -2.28. The molecule has 0 spiro atoms. The predicted molar refractivity (Wildman–Crippen MR) is 79.7 cm³/mol. The fourth-order valence-electron chi connectivity index (χ4n) is 2.02. The molecule has 1 N–H and O–H groups in total. The second-order valence-corrected chi connectivity index (χ2v) is 4.53. The van der Waals surface area contributed by atoms with Gasteiger partial charge >= 0.3 is 0 Å². The predicted octanol–water partition coefficient (Wildman–Crippen LogP) is 2.68. The fraction of sp³-hybridized carbons (Fsp3) is 0.714. The molecule has 0 saturated carbocycles. The van der Waals surface area contributed by atoms with Gasteiger partial charge < -0.3 is 15.0 Å². The highest BCUT2D eigenvalue weighted by molar-refractivity contribution is 5.50. The van der Waals surface area contributed by atoms with Crippen LogP contribution >= 0.6 is 0 Å². The van der Waals surface area contributed by atoms with Gasteiger partial charge in [-0.25, -0.2) is 9.97 Å². The highest BCUT2D eigenvalue weighted by Crippen LogP contribution is 2.19. The number of ether oxygens (including phenoxy) is 1. The standard InChI is InChI=1S/C14H26N4O/c1-6-11(4)18(8-3)14-9-12(15-7-2)16-13(17-14)10-19-5/h9,11H,6-8,10H2,1-5H3,(H,15,16,17). The van der Waals surface area contributed by atoms with Crippen LogP contribution in [0.4, 0.5) is 11.6 Å². The smallest absolute Gasteiger partial charge is 0.158 e. The zero-order valence-electron chi connectivity index (χ0n) is 12.7. The Morgan fingerprint density at radius 1 is 1.32 bits per heavy atom. The van der Waals surface area contributed by atoms with Gasteiger partial charge in [0.1, 0.15) is 18.2 Å². The van der Waals surface area contributed by atoms with E-state index in [0.717, 1.165) is 37.0 Å². The van der Waals surface area contributed by atoms with Crippen molar-refractivity contribution in [2.45, 2.75) is 46.8 Å². The van der Waals surface area contributed by atoms with Gasteiger partial charge in [0.15, 0.2) is 5.82 Å². The van der Waals surface area contributed by atoms with Gasteiger partial charge in [-0.3, -0.25) is 0 Å². The maximum Gasteiger partial charge on any atom is 0.158 e. The lowest BCUT2D eigenvalue weighted by Crippen LogP contribution is -2.33. The molecule has 0 saturated heterocycles. The molecule has 1 unspecified atom stereocenters. The molecule has 5 nitrogen and oxygen atoms in total. The van der Waals surface area contributed by atoms with Crippen molar-refractivity contribution in [3.63, 3.8) is 0 Å². The van der Waals surface area contributed by atoms with E-state index in [9.17, 15) is 0 Å². The van der Waals surface area contributed by atoms with Crippen LogP contribution in [0.2, 0.25) is 0 Å². The quantitative estimate of drug-likeness (QED) is 0.784. The minimum absolute atomic E-state index is 0.435. The van der Waals surface area contributed by atoms with Crippen LogP contribution in [0.25, 0.3) is 0 Å². The number of methoxy groups -OCH3 is 1. The van der Waals surface area contributed by atoms with E-state index in [1.165, 1.54) is 0 Å². The summed E-state index contributed by atoms with van der Waals surface area (Å²) in [7, 11) is 1.66. The van der Waals surface area contributed by atoms with Crippen molar-refractivity contribution in [2.24, 2.45) is 0 Å². The molecule has 1 rings (SSSR count). The van der Waals surface area contributed by atoms with Crippen LogP contribution in [0.5, 0.6) is 0 Å². The summed E-state index contributed by atoms with van der Waals surface area (Å²) in [5.74, 6) is 2.55. The maximum atomic E-state index is 5.14. The molecular weight excluding hydrogens is 240 g/mol. The van der Waals surface area contributed by atoms with Crippen molar-refractivity contribution >= 4 is 11.6 Å². The fourth-order valence-corrected chi connectivity index (χ4v) is 2.02. The van der Waals surface area contributed by atoms with Crippen LogP contribution in [0.1, 0.15) is 39.9 Å². The first-order chi connectivity index (χ1) is 9.15. The number of nitrogens with one attached hydrogen (secondary N) is 1. The summed E-state index contributed by atoms with van der Waals surface area (Å²) in [6.45, 7) is 10.8. The number of anilines is 2. The first kappa shape index (κ1) is 15.7. The van der Waals surface area contributed by atoms with E-state index in [1.54, 1.807) is 7.11 Å². The normalized spacial score (nSPS) is 12.3. The van der Waals surface area contributed by atoms with Crippen molar-refractivity contribution in [2.75, 3.05) is 30.4 Å². The minimum Gasteiger partial charge on any atom is -0.377 e. The van der Waals surface area contributed by atoms with Crippen LogP contribution in [-0.2, 0) is 11.3 Å². The number of nitrogens with zero attached hydrogens (tertiary/aromatic N) is 3. The molecule has 1 aromatic heterocycles. The van der Waals surface area contributed by atoms with E-state index in [2.05, 4.69) is 47.9 Å². The summed E-state index contributed by atoms with van der Waals surface area (Å²) in [4.78, 5) is 11.3. The van der Waals surface area contributed by atoms with Crippen molar-refractivity contribution < 1.29 is 4.74 Å². The number of rotatable bonds is 8. The van der Waals surface area contributed by atoms with Crippen molar-refractivity contribution in [1.29, 1.82) is 0 Å². The molecule has 1 atom stereocenters. The van der Waals surface area contributed by atoms with E-state index in [4.69, 9.17) is 4.74 Å². The molecule has 108 valence electrons. The Bertz CT molecular complexity index is 359. The Morgan fingerprint density at radius 3 is 2.58 bits per heavy atom. The van der Waals surface area contributed by atoms with E-state index in [1.807, 2.05) is 6.07 Å². The van der Waals surface area contributed by atoms with Crippen LogP contribution in [0.3, 0.4) is 0 Å². The van der Waals surface area contributed by atoms with Gasteiger partial charge in [0.2, 0.25) is 0 Å². The summed E-state index contributed by atoms with van der Waals surface area (Å²) in [5, 5.41) is 3.25. The molecule has 0 aliphatic heterocycles. The summed E-state index contributed by atoms with van der Waals surface area (Å²) in [6, 6.07) is 2.47. The van der Waals surface area contributed by atoms with Crippen LogP contribution in [-0.4, -0.2) is 36.2 Å². The third-order valence-electron chi connectivity index (χ3n) is 3.15. The van der Waals surface area contributed by atoms with Crippen molar-refractivity contribution in [3.8, 4) is 0 Å². The third kappa shape index (κ3) is 4.35. The van der Waals surface area contributed by atoms with Gasteiger partial charge in [-0.1, -0.05) is 6.92 Å². The molecule has 0 fully saturated rings. The van der Waals surface area contributed by atoms with Gasteiger partial charge in [-0.05, 0) is 27.2 Å². The molecule has 0 aromatic carbocycles. The topological polar surface area (TPSA) is 50.3 Å². The average molecular weight is 266 g/mol. The summed E-state index contributed by atoms with van der Waals surface area (Å²) in [5.41, 5.74) is 0. The van der Waals surface area contributed by atoms with E-state index < -0.39 is 0 Å². The number of aromatic nitrogens is 2. The Balaban J connectivity index is 3.08. The maximum absolute atomic E-state index is 5.14. The van der Waals surface area contributed by atoms with Crippen LogP contribution in [0.15, 0.2) is 6.07 Å². The number of hydrogen-bond acceptors (Lipinski definition) is 5. The van der Waals surface area contributed by atoms with Gasteiger partial charge in [0, 0.05) is 32.3 Å². The summed E-state index contributed by atoms with van der Waals surface area (Å²) >= 11 is 0. The Morgan fingerprint density at radius 2 is 2.05 bits per heavy atom. The van der Waals surface area contributed by atoms with Gasteiger partial charge in [0.05, 0.1) is 0 Å². The van der Waals surface area contributed by atoms with Crippen molar-refractivity contribution in [1.82, 2.24) is 9.97 Å². The average Bonchev–Trinajstić information content (AvgIpc) is 2.40. The molecule has 0 radical (unpaired) electrons. The molecule has 0 aliphatic rings. The van der Waals surface area contributed by atoms with Crippen molar-refractivity contribution in [3.05, 3.63) is 11.9 Å².